The third-order valence-corrected chi connectivity index (χ3v) is 6.43. The van der Waals surface area contributed by atoms with Crippen LogP contribution in [0.1, 0.15) is 39.4 Å². The lowest BCUT2D eigenvalue weighted by atomic mass is 9.92. The quantitative estimate of drug-likeness (QED) is 0.305. The summed E-state index contributed by atoms with van der Waals surface area (Å²) in [5, 5.41) is 23.5. The summed E-state index contributed by atoms with van der Waals surface area (Å²) in [4.78, 5) is 12.7. The van der Waals surface area contributed by atoms with E-state index in [4.69, 9.17) is 32.7 Å². The van der Waals surface area contributed by atoms with Gasteiger partial charge in [-0.3, -0.25) is 4.79 Å². The molecule has 0 radical (unpaired) electrons. The van der Waals surface area contributed by atoms with Crippen LogP contribution in [-0.2, 0) is 6.42 Å². The maximum atomic E-state index is 12.7. The van der Waals surface area contributed by atoms with Crippen LogP contribution in [0.15, 0.2) is 60.9 Å². The van der Waals surface area contributed by atoms with Gasteiger partial charge in [0.2, 0.25) is 0 Å². The Morgan fingerprint density at radius 2 is 2.00 bits per heavy atom. The van der Waals surface area contributed by atoms with Crippen molar-refractivity contribution in [1.29, 1.82) is 0 Å². The molecule has 0 aliphatic carbocycles. The zero-order chi connectivity index (χ0) is 25.1. The van der Waals surface area contributed by atoms with E-state index in [1.165, 1.54) is 6.07 Å². The van der Waals surface area contributed by atoms with Gasteiger partial charge in [-0.1, -0.05) is 35.8 Å². The Hall–Kier alpha value is -3.35. The zero-order valence-corrected chi connectivity index (χ0v) is 20.6. The molecule has 1 amide bonds. The Morgan fingerprint density at radius 1 is 1.20 bits per heavy atom. The van der Waals surface area contributed by atoms with E-state index in [0.717, 1.165) is 11.1 Å². The number of fused-ring (bicyclic) bond motifs is 1. The number of allylic oxidation sites excluding steroid dienone is 1. The van der Waals surface area contributed by atoms with Crippen LogP contribution < -0.4 is 14.8 Å². The standard InChI is InChI=1S/C27H25Cl2NO5/c1-15-11-19(35-26-14-25-22(13-23(26)29)21(16(2)31)8-10-34-25)5-6-20(15)27(33)30-9-7-17-3-4-18(28)12-24(17)32/h3-6,11-14,21,31-32H,2,7-10H2,1H3,(H,30,33). The van der Waals surface area contributed by atoms with E-state index >= 15 is 0 Å². The van der Waals surface area contributed by atoms with Crippen LogP contribution in [-0.4, -0.2) is 29.3 Å². The second kappa shape index (κ2) is 10.5. The molecule has 4 rings (SSSR count). The second-order valence-corrected chi connectivity index (χ2v) is 9.20. The average molecular weight is 514 g/mol. The summed E-state index contributed by atoms with van der Waals surface area (Å²) in [5.74, 6) is 1.25. The SMILES string of the molecule is C=C(O)C1CCOc2cc(Oc3ccc(C(=O)NCCc4ccc(Cl)cc4O)c(C)c3)c(Cl)cc21. The Kier molecular flexibility index (Phi) is 7.43. The molecule has 0 bridgehead atoms. The molecule has 3 N–H and O–H groups in total. The first-order chi connectivity index (χ1) is 16.7. The number of halogens is 2. The maximum absolute atomic E-state index is 12.7. The predicted molar refractivity (Wildman–Crippen MR) is 136 cm³/mol. The van der Waals surface area contributed by atoms with E-state index in [0.29, 0.717) is 64.4 Å². The molecule has 6 nitrogen and oxygen atoms in total. The number of aromatic hydroxyl groups is 1. The van der Waals surface area contributed by atoms with Crippen molar-refractivity contribution in [3.05, 3.63) is 93.2 Å². The number of rotatable bonds is 7. The molecule has 1 atom stereocenters. The van der Waals surface area contributed by atoms with E-state index in [1.54, 1.807) is 42.5 Å². The third-order valence-electron chi connectivity index (χ3n) is 5.90. The highest BCUT2D eigenvalue weighted by molar-refractivity contribution is 6.32. The molecule has 3 aromatic rings. The molecule has 0 saturated heterocycles. The van der Waals surface area contributed by atoms with Gasteiger partial charge < -0.3 is 25.0 Å². The highest BCUT2D eigenvalue weighted by atomic mass is 35.5. The van der Waals surface area contributed by atoms with E-state index in [9.17, 15) is 15.0 Å². The van der Waals surface area contributed by atoms with Crippen molar-refractivity contribution in [2.45, 2.75) is 25.7 Å². The third kappa shape index (κ3) is 5.66. The first-order valence-electron chi connectivity index (χ1n) is 11.1. The number of hydrogen-bond donors (Lipinski definition) is 3. The Balaban J connectivity index is 1.43. The number of aliphatic hydroxyl groups excluding tert-OH is 1. The van der Waals surface area contributed by atoms with Crippen molar-refractivity contribution >= 4 is 29.1 Å². The van der Waals surface area contributed by atoms with Crippen molar-refractivity contribution < 1.29 is 24.5 Å². The highest BCUT2D eigenvalue weighted by Crippen LogP contribution is 2.43. The van der Waals surface area contributed by atoms with Crippen molar-refractivity contribution in [2.24, 2.45) is 0 Å². The van der Waals surface area contributed by atoms with Crippen LogP contribution in [0.4, 0.5) is 0 Å². The highest BCUT2D eigenvalue weighted by Gasteiger charge is 2.26. The van der Waals surface area contributed by atoms with Crippen LogP contribution in [0, 0.1) is 6.92 Å². The molecule has 1 unspecified atom stereocenters. The van der Waals surface area contributed by atoms with Crippen molar-refractivity contribution in [2.75, 3.05) is 13.2 Å². The van der Waals surface area contributed by atoms with E-state index < -0.39 is 0 Å². The van der Waals surface area contributed by atoms with E-state index in [-0.39, 0.29) is 23.3 Å². The Morgan fingerprint density at radius 3 is 2.71 bits per heavy atom. The molecule has 3 aromatic carbocycles. The summed E-state index contributed by atoms with van der Waals surface area (Å²) in [7, 11) is 0. The average Bonchev–Trinajstić information content (AvgIpc) is 2.80. The lowest BCUT2D eigenvalue weighted by Crippen LogP contribution is -2.26. The molecular formula is C27H25Cl2NO5. The van der Waals surface area contributed by atoms with Gasteiger partial charge in [0.25, 0.3) is 5.91 Å². The number of aliphatic hydroxyl groups is 1. The largest absolute Gasteiger partial charge is 0.512 e. The maximum Gasteiger partial charge on any atom is 0.251 e. The summed E-state index contributed by atoms with van der Waals surface area (Å²) >= 11 is 12.3. The topological polar surface area (TPSA) is 88.0 Å². The predicted octanol–water partition coefficient (Wildman–Crippen LogP) is 6.71. The van der Waals surface area contributed by atoms with Crippen molar-refractivity contribution in [3.8, 4) is 23.0 Å². The van der Waals surface area contributed by atoms with Crippen LogP contribution in [0.5, 0.6) is 23.0 Å². The molecule has 182 valence electrons. The summed E-state index contributed by atoms with van der Waals surface area (Å²) in [5.41, 5.74) is 2.73. The summed E-state index contributed by atoms with van der Waals surface area (Å²) in [6, 6.07) is 13.5. The molecule has 8 heteroatoms. The molecule has 1 heterocycles. The van der Waals surface area contributed by atoms with Crippen LogP contribution in [0.25, 0.3) is 0 Å². The molecule has 0 aromatic heterocycles. The lowest BCUT2D eigenvalue weighted by molar-refractivity contribution is 0.0953. The summed E-state index contributed by atoms with van der Waals surface area (Å²) < 4.78 is 11.7. The molecule has 35 heavy (non-hydrogen) atoms. The first kappa shape index (κ1) is 24.8. The minimum atomic E-state index is -0.228. The number of phenolic OH excluding ortho intramolecular Hbond substituents is 1. The zero-order valence-electron chi connectivity index (χ0n) is 19.1. The fourth-order valence-electron chi connectivity index (χ4n) is 4.05. The minimum Gasteiger partial charge on any atom is -0.512 e. The van der Waals surface area contributed by atoms with Gasteiger partial charge in [-0.15, -0.1) is 0 Å². The summed E-state index contributed by atoms with van der Waals surface area (Å²) in [6.07, 6.45) is 1.10. The number of carbonyl (C=O) groups is 1. The Labute approximate surface area is 213 Å². The van der Waals surface area contributed by atoms with Gasteiger partial charge in [0, 0.05) is 34.7 Å². The van der Waals surface area contributed by atoms with Crippen molar-refractivity contribution in [3.63, 3.8) is 0 Å². The monoisotopic (exact) mass is 513 g/mol. The molecule has 0 fully saturated rings. The number of nitrogens with one attached hydrogen (secondary N) is 1. The van der Waals surface area contributed by atoms with Crippen LogP contribution in [0.2, 0.25) is 10.0 Å². The van der Waals surface area contributed by atoms with Crippen LogP contribution in [0.3, 0.4) is 0 Å². The number of aryl methyl sites for hydroxylation is 1. The van der Waals surface area contributed by atoms with Gasteiger partial charge in [-0.25, -0.2) is 0 Å². The number of amides is 1. The molecule has 0 saturated carbocycles. The fourth-order valence-corrected chi connectivity index (χ4v) is 4.43. The van der Waals surface area contributed by atoms with Gasteiger partial charge >= 0.3 is 0 Å². The van der Waals surface area contributed by atoms with Gasteiger partial charge in [0.15, 0.2) is 0 Å². The summed E-state index contributed by atoms with van der Waals surface area (Å²) in [6.45, 7) is 6.28. The normalized spacial score (nSPS) is 14.5. The van der Waals surface area contributed by atoms with Gasteiger partial charge in [-0.05, 0) is 67.3 Å². The number of ether oxygens (including phenoxy) is 2. The van der Waals surface area contributed by atoms with E-state index in [1.807, 2.05) is 6.92 Å². The minimum absolute atomic E-state index is 0.0775. The second-order valence-electron chi connectivity index (χ2n) is 8.36. The number of carbonyl (C=O) groups excluding carboxylic acids is 1. The number of benzene rings is 3. The van der Waals surface area contributed by atoms with Gasteiger partial charge in [0.05, 0.1) is 17.4 Å². The fraction of sp³-hybridized carbons (Fsp3) is 0.222. The van der Waals surface area contributed by atoms with E-state index in [2.05, 4.69) is 11.9 Å². The van der Waals surface area contributed by atoms with Crippen molar-refractivity contribution in [1.82, 2.24) is 5.32 Å². The van der Waals surface area contributed by atoms with Gasteiger partial charge in [-0.2, -0.15) is 0 Å². The molecule has 0 spiro atoms. The number of phenols is 1. The molecular weight excluding hydrogens is 489 g/mol. The van der Waals surface area contributed by atoms with Gasteiger partial charge in [0.1, 0.15) is 23.0 Å². The van der Waals surface area contributed by atoms with Crippen LogP contribution >= 0.6 is 23.2 Å². The smallest absolute Gasteiger partial charge is 0.251 e. The lowest BCUT2D eigenvalue weighted by Gasteiger charge is -2.26. The molecule has 1 aliphatic rings. The number of hydrogen-bond acceptors (Lipinski definition) is 5. The Bertz CT molecular complexity index is 1290. The first-order valence-corrected chi connectivity index (χ1v) is 11.9. The molecule has 1 aliphatic heterocycles.